The van der Waals surface area contributed by atoms with Crippen molar-refractivity contribution in [2.45, 2.75) is 44.9 Å². The van der Waals surface area contributed by atoms with Crippen molar-refractivity contribution in [1.82, 2.24) is 0 Å². The number of benzene rings is 2. The van der Waals surface area contributed by atoms with E-state index in [4.69, 9.17) is 11.0 Å². The molecule has 1 fully saturated rings. The summed E-state index contributed by atoms with van der Waals surface area (Å²) in [6.45, 7) is 9.80. The minimum atomic E-state index is 0.560. The molecule has 144 valence electrons. The standard InChI is InChI=1S/C26H25N2O/c1-17-12-13-20-24-19(18-9-5-4-6-10-18)14-15-21(27-2)26(24)29-25(20)23(17)22-11-7-8-16-28(22)3/h7-8,11-16,18H,4-6,9-10H2,1,3H3/q+1. The Morgan fingerprint density at radius 2 is 1.83 bits per heavy atom. The Hall–Kier alpha value is -3.12. The van der Waals surface area contributed by atoms with Gasteiger partial charge < -0.3 is 4.42 Å². The maximum absolute atomic E-state index is 7.67. The molecule has 0 amide bonds. The van der Waals surface area contributed by atoms with Gasteiger partial charge in [0.2, 0.25) is 11.4 Å². The summed E-state index contributed by atoms with van der Waals surface area (Å²) in [5.74, 6) is 0.560. The van der Waals surface area contributed by atoms with Crippen molar-refractivity contribution < 1.29 is 8.98 Å². The molecule has 0 unspecified atom stereocenters. The number of furan rings is 1. The molecule has 3 heteroatoms. The smallest absolute Gasteiger partial charge is 0.229 e. The average Bonchev–Trinajstić information content (AvgIpc) is 3.14. The molecule has 0 saturated heterocycles. The predicted molar refractivity (Wildman–Crippen MR) is 117 cm³/mol. The van der Waals surface area contributed by atoms with Crippen LogP contribution in [0.25, 0.3) is 38.0 Å². The Labute approximate surface area is 171 Å². The lowest BCUT2D eigenvalue weighted by atomic mass is 9.82. The van der Waals surface area contributed by atoms with Crippen LogP contribution in [0.3, 0.4) is 0 Å². The van der Waals surface area contributed by atoms with Crippen molar-refractivity contribution in [3.05, 3.63) is 71.2 Å². The third-order valence-electron chi connectivity index (χ3n) is 6.49. The summed E-state index contributed by atoms with van der Waals surface area (Å²) in [4.78, 5) is 3.77. The van der Waals surface area contributed by atoms with Crippen molar-refractivity contribution in [1.29, 1.82) is 0 Å². The maximum Gasteiger partial charge on any atom is 0.229 e. The van der Waals surface area contributed by atoms with Gasteiger partial charge in [-0.3, -0.25) is 0 Å². The van der Waals surface area contributed by atoms with Crippen LogP contribution in [-0.4, -0.2) is 0 Å². The second kappa shape index (κ2) is 7.04. The van der Waals surface area contributed by atoms with Crippen LogP contribution in [0, 0.1) is 13.5 Å². The lowest BCUT2D eigenvalue weighted by Crippen LogP contribution is -2.30. The molecule has 0 aliphatic heterocycles. The summed E-state index contributed by atoms with van der Waals surface area (Å²) in [5.41, 5.74) is 7.04. The molecule has 0 spiro atoms. The molecule has 2 aromatic carbocycles. The molecule has 5 rings (SSSR count). The van der Waals surface area contributed by atoms with Gasteiger partial charge in [0.05, 0.1) is 12.1 Å². The van der Waals surface area contributed by atoms with Crippen LogP contribution in [0.5, 0.6) is 0 Å². The summed E-state index contributed by atoms with van der Waals surface area (Å²) >= 11 is 0. The highest BCUT2D eigenvalue weighted by atomic mass is 16.3. The Morgan fingerprint density at radius 1 is 1.00 bits per heavy atom. The number of nitrogens with zero attached hydrogens (tertiary/aromatic N) is 2. The average molecular weight is 381 g/mol. The van der Waals surface area contributed by atoms with Gasteiger partial charge in [-0.15, -0.1) is 0 Å². The number of hydrogen-bond donors (Lipinski definition) is 0. The predicted octanol–water partition coefficient (Wildman–Crippen LogP) is 6.98. The molecule has 4 aromatic rings. The summed E-state index contributed by atoms with van der Waals surface area (Å²) in [6.07, 6.45) is 8.43. The zero-order valence-electron chi connectivity index (χ0n) is 17.0. The van der Waals surface area contributed by atoms with Gasteiger partial charge in [0.1, 0.15) is 18.2 Å². The van der Waals surface area contributed by atoms with Crippen LogP contribution >= 0.6 is 0 Å². The number of hydrogen-bond acceptors (Lipinski definition) is 1. The van der Waals surface area contributed by atoms with E-state index in [9.17, 15) is 0 Å². The van der Waals surface area contributed by atoms with Gasteiger partial charge in [-0.05, 0) is 42.9 Å². The second-order valence-corrected chi connectivity index (χ2v) is 8.26. The van der Waals surface area contributed by atoms with Crippen LogP contribution in [0.2, 0.25) is 0 Å². The molecule has 1 aliphatic carbocycles. The van der Waals surface area contributed by atoms with Crippen LogP contribution in [0.4, 0.5) is 5.69 Å². The van der Waals surface area contributed by atoms with Gasteiger partial charge in [0, 0.05) is 22.9 Å². The molecular formula is C26H25N2O+. The Bertz CT molecular complexity index is 1270. The molecular weight excluding hydrogens is 356 g/mol. The first-order chi connectivity index (χ1) is 14.2. The molecule has 0 bridgehead atoms. The Morgan fingerprint density at radius 3 is 2.59 bits per heavy atom. The molecule has 0 radical (unpaired) electrons. The first-order valence-electron chi connectivity index (χ1n) is 10.5. The normalized spacial score (nSPS) is 15.1. The number of aromatic nitrogens is 1. The van der Waals surface area contributed by atoms with Gasteiger partial charge in [-0.1, -0.05) is 43.5 Å². The molecule has 2 aromatic heterocycles. The highest BCUT2D eigenvalue weighted by Gasteiger charge is 2.25. The molecule has 0 N–H and O–H groups in total. The van der Waals surface area contributed by atoms with Crippen molar-refractivity contribution in [3.8, 4) is 11.3 Å². The number of pyridine rings is 1. The van der Waals surface area contributed by atoms with Gasteiger partial charge in [0.25, 0.3) is 0 Å². The second-order valence-electron chi connectivity index (χ2n) is 8.26. The van der Waals surface area contributed by atoms with Crippen molar-refractivity contribution in [2.24, 2.45) is 7.05 Å². The fourth-order valence-electron chi connectivity index (χ4n) is 5.00. The monoisotopic (exact) mass is 381 g/mol. The van der Waals surface area contributed by atoms with Gasteiger partial charge in [0.15, 0.2) is 6.20 Å². The van der Waals surface area contributed by atoms with Crippen molar-refractivity contribution >= 4 is 27.6 Å². The van der Waals surface area contributed by atoms with E-state index in [2.05, 4.69) is 59.9 Å². The topological polar surface area (TPSA) is 21.4 Å². The van der Waals surface area contributed by atoms with E-state index < -0.39 is 0 Å². The van der Waals surface area contributed by atoms with Gasteiger partial charge in [-0.2, -0.15) is 0 Å². The van der Waals surface area contributed by atoms with Crippen LogP contribution in [0.1, 0.15) is 49.1 Å². The third-order valence-corrected chi connectivity index (χ3v) is 6.49. The molecule has 1 saturated carbocycles. The van der Waals surface area contributed by atoms with E-state index in [0.717, 1.165) is 33.2 Å². The highest BCUT2D eigenvalue weighted by molar-refractivity contribution is 6.14. The summed E-state index contributed by atoms with van der Waals surface area (Å²) in [6, 6.07) is 14.7. The highest BCUT2D eigenvalue weighted by Crippen LogP contribution is 2.45. The fraction of sp³-hybridized carbons (Fsp3) is 0.308. The molecule has 2 heterocycles. The van der Waals surface area contributed by atoms with Gasteiger partial charge >= 0.3 is 0 Å². The summed E-state index contributed by atoms with van der Waals surface area (Å²) in [5, 5.41) is 2.29. The maximum atomic E-state index is 7.67. The van der Waals surface area contributed by atoms with E-state index >= 15 is 0 Å². The van der Waals surface area contributed by atoms with Crippen molar-refractivity contribution in [2.75, 3.05) is 0 Å². The zero-order valence-corrected chi connectivity index (χ0v) is 17.0. The van der Waals surface area contributed by atoms with E-state index in [1.165, 1.54) is 43.2 Å². The van der Waals surface area contributed by atoms with Crippen LogP contribution in [-0.2, 0) is 7.05 Å². The van der Waals surface area contributed by atoms with Crippen molar-refractivity contribution in [3.63, 3.8) is 0 Å². The summed E-state index contributed by atoms with van der Waals surface area (Å²) in [7, 11) is 2.06. The van der Waals surface area contributed by atoms with E-state index in [-0.39, 0.29) is 0 Å². The van der Waals surface area contributed by atoms with Crippen LogP contribution < -0.4 is 4.57 Å². The lowest BCUT2D eigenvalue weighted by Gasteiger charge is -2.22. The minimum absolute atomic E-state index is 0.560. The van der Waals surface area contributed by atoms with E-state index in [1.54, 1.807) is 0 Å². The van der Waals surface area contributed by atoms with Gasteiger partial charge in [-0.25, -0.2) is 9.41 Å². The SMILES string of the molecule is [C-]#[N+]c1ccc(C2CCCCC2)c2c1oc1c(-c3cccc[n+]3C)c(C)ccc12. The molecule has 3 nitrogen and oxygen atoms in total. The zero-order chi connectivity index (χ0) is 20.0. The Balaban J connectivity index is 1.88. The first kappa shape index (κ1) is 17.9. The van der Waals surface area contributed by atoms with E-state index in [0.29, 0.717) is 11.6 Å². The lowest BCUT2D eigenvalue weighted by molar-refractivity contribution is -0.660. The molecule has 0 atom stereocenters. The molecule has 1 aliphatic rings. The minimum Gasteiger partial charge on any atom is -0.466 e. The number of rotatable bonds is 2. The largest absolute Gasteiger partial charge is 0.466 e. The number of aryl methyl sites for hydroxylation is 2. The van der Waals surface area contributed by atoms with Crippen LogP contribution in [0.15, 0.2) is 53.1 Å². The summed E-state index contributed by atoms with van der Waals surface area (Å²) < 4.78 is 8.63. The quantitative estimate of drug-likeness (QED) is 0.271. The molecule has 29 heavy (non-hydrogen) atoms. The van der Waals surface area contributed by atoms with E-state index in [1.807, 2.05) is 12.1 Å². The third kappa shape index (κ3) is 2.83. The Kier molecular flexibility index (Phi) is 4.36. The number of fused-ring (bicyclic) bond motifs is 3. The fourth-order valence-corrected chi connectivity index (χ4v) is 5.00. The first-order valence-corrected chi connectivity index (χ1v) is 10.5.